The number of anilines is 1. The van der Waals surface area contributed by atoms with Gasteiger partial charge in [-0.05, 0) is 97.0 Å². The smallest absolute Gasteiger partial charge is 0.416 e. The Bertz CT molecular complexity index is 1890. The van der Waals surface area contributed by atoms with Crippen molar-refractivity contribution in [2.75, 3.05) is 25.5 Å². The molecule has 7 nitrogen and oxygen atoms in total. The molecule has 0 radical (unpaired) electrons. The molecule has 3 aromatic carbocycles. The number of rotatable bonds is 9. The number of piperidine rings is 3. The summed E-state index contributed by atoms with van der Waals surface area (Å²) in [6.07, 6.45) is -4.64. The molecular weight excluding hydrogens is 692 g/mol. The molecule has 0 spiro atoms. The summed E-state index contributed by atoms with van der Waals surface area (Å²) in [6.45, 7) is 5.65. The van der Waals surface area contributed by atoms with Gasteiger partial charge >= 0.3 is 12.4 Å². The molecule has 3 unspecified atom stereocenters. The summed E-state index contributed by atoms with van der Waals surface area (Å²) in [5.41, 5.74) is -1.55. The largest absolute Gasteiger partial charge is 0.497 e. The van der Waals surface area contributed by atoms with Gasteiger partial charge in [0.25, 0.3) is 0 Å². The van der Waals surface area contributed by atoms with E-state index in [2.05, 4.69) is 32.4 Å². The van der Waals surface area contributed by atoms with Gasteiger partial charge in [0.15, 0.2) is 5.11 Å². The highest BCUT2D eigenvalue weighted by atomic mass is 32.1. The fourth-order valence-corrected chi connectivity index (χ4v) is 7.39. The number of fused-ring (bicyclic) bond motifs is 4. The third kappa shape index (κ3) is 7.96. The lowest BCUT2D eigenvalue weighted by atomic mass is 9.73. The summed E-state index contributed by atoms with van der Waals surface area (Å²) in [5, 5.41) is 8.98. The molecule has 3 saturated heterocycles. The van der Waals surface area contributed by atoms with Crippen LogP contribution < -0.4 is 20.7 Å². The third-order valence-electron chi connectivity index (χ3n) is 9.67. The Morgan fingerprint density at radius 1 is 1.00 bits per heavy atom. The van der Waals surface area contributed by atoms with Crippen LogP contribution in [-0.4, -0.2) is 47.1 Å². The number of benzene rings is 3. The second kappa shape index (κ2) is 14.5. The Balaban J connectivity index is 1.34. The molecule has 7 rings (SSSR count). The highest BCUT2D eigenvalue weighted by Gasteiger charge is 2.44. The van der Waals surface area contributed by atoms with E-state index < -0.39 is 47.2 Å². The fraction of sp³-hybridized carbons (Fsp3) is 0.324. The number of ether oxygens (including phenoxy) is 1. The molecule has 14 heteroatoms. The van der Waals surface area contributed by atoms with Gasteiger partial charge in [-0.1, -0.05) is 36.4 Å². The monoisotopic (exact) mass is 727 g/mol. The van der Waals surface area contributed by atoms with E-state index in [0.717, 1.165) is 36.9 Å². The number of methoxy groups -OCH3 is 1. The van der Waals surface area contributed by atoms with Crippen molar-refractivity contribution in [1.82, 2.24) is 20.5 Å². The molecule has 3 fully saturated rings. The summed E-state index contributed by atoms with van der Waals surface area (Å²) < 4.78 is 86.8. The highest BCUT2D eigenvalue weighted by Crippen LogP contribution is 2.43. The zero-order valence-corrected chi connectivity index (χ0v) is 28.2. The Morgan fingerprint density at radius 3 is 2.31 bits per heavy atom. The number of nitrogens with zero attached hydrogens (tertiary/aromatic N) is 2. The summed E-state index contributed by atoms with van der Waals surface area (Å²) >= 11 is 5.39. The number of aromatic nitrogens is 1. The topological polar surface area (TPSA) is 78.5 Å². The summed E-state index contributed by atoms with van der Waals surface area (Å²) in [4.78, 5) is 21.4. The Labute approximate surface area is 296 Å². The van der Waals surface area contributed by atoms with E-state index in [1.807, 2.05) is 24.3 Å². The number of thiocarbonyl (C=S) groups is 1. The molecule has 51 heavy (non-hydrogen) atoms. The average Bonchev–Trinajstić information content (AvgIpc) is 3.12. The molecule has 3 aliphatic rings. The zero-order valence-electron chi connectivity index (χ0n) is 27.4. The first-order valence-electron chi connectivity index (χ1n) is 16.3. The van der Waals surface area contributed by atoms with Gasteiger partial charge in [-0.25, -0.2) is 0 Å². The number of hydrogen-bond acceptors (Lipinski definition) is 5. The van der Waals surface area contributed by atoms with Crippen molar-refractivity contribution in [1.29, 1.82) is 0 Å². The van der Waals surface area contributed by atoms with Gasteiger partial charge < -0.3 is 20.7 Å². The zero-order chi connectivity index (χ0) is 36.5. The van der Waals surface area contributed by atoms with E-state index in [1.165, 1.54) is 0 Å². The first-order valence-corrected chi connectivity index (χ1v) is 16.7. The van der Waals surface area contributed by atoms with Crippen LogP contribution in [0.1, 0.15) is 47.2 Å². The lowest BCUT2D eigenvalue weighted by Gasteiger charge is -2.51. The van der Waals surface area contributed by atoms with Gasteiger partial charge in [-0.3, -0.25) is 14.7 Å². The van der Waals surface area contributed by atoms with Gasteiger partial charge in [0.05, 0.1) is 29.8 Å². The van der Waals surface area contributed by atoms with Crippen molar-refractivity contribution >= 4 is 39.8 Å². The van der Waals surface area contributed by atoms with E-state index in [-0.39, 0.29) is 17.2 Å². The normalized spacial score (nSPS) is 21.4. The second-order valence-electron chi connectivity index (χ2n) is 12.8. The van der Waals surface area contributed by atoms with E-state index in [0.29, 0.717) is 40.8 Å². The minimum absolute atomic E-state index is 0.0333. The van der Waals surface area contributed by atoms with Crippen molar-refractivity contribution in [2.45, 2.75) is 43.3 Å². The van der Waals surface area contributed by atoms with Gasteiger partial charge in [0.1, 0.15) is 11.8 Å². The minimum atomic E-state index is -5.05. The molecule has 3 N–H and O–H groups in total. The maximum atomic E-state index is 14.5. The van der Waals surface area contributed by atoms with Gasteiger partial charge in [0, 0.05) is 29.9 Å². The van der Waals surface area contributed by atoms with E-state index in [4.69, 9.17) is 17.0 Å². The van der Waals surface area contributed by atoms with Gasteiger partial charge in [-0.15, -0.1) is 6.58 Å². The molecule has 1 aromatic heterocycles. The second-order valence-corrected chi connectivity index (χ2v) is 13.2. The van der Waals surface area contributed by atoms with Crippen LogP contribution >= 0.6 is 12.2 Å². The molecule has 3 aliphatic heterocycles. The van der Waals surface area contributed by atoms with Crippen LogP contribution in [0.3, 0.4) is 0 Å². The van der Waals surface area contributed by atoms with E-state index >= 15 is 0 Å². The minimum Gasteiger partial charge on any atom is -0.497 e. The maximum Gasteiger partial charge on any atom is 0.416 e. The number of nitrogens with one attached hydrogen (secondary N) is 3. The third-order valence-corrected chi connectivity index (χ3v) is 9.89. The SMILES string of the molecule is C=CC1CN2CCC1C[C@H]2[C@@H](NC(=O)[C@@H](NC(=S)Nc1cc(C(F)(F)F)cc(C(F)(F)F)c1)c1ccccc1)c1ccnc2ccc(OC)cc12. The first kappa shape index (κ1) is 36.1. The first-order chi connectivity index (χ1) is 24.2. The molecule has 4 aromatic rings. The van der Waals surface area contributed by atoms with Crippen LogP contribution in [0, 0.1) is 11.8 Å². The quantitative estimate of drug-likeness (QED) is 0.0915. The standard InChI is InChI=1S/C37H35F6N5O2S/c1-3-21-20-48-14-12-23(21)15-31(48)33(28-11-13-44-30-10-9-27(50-2)19-29(28)30)46-34(49)32(22-7-5-4-6-8-22)47-35(51)45-26-17-24(36(38,39)40)16-25(18-26)37(41,42)43/h3-11,13,16-19,21,23,31-33H,1,12,14-15,20H2,2H3,(H,46,49)(H2,45,47,51)/t21?,23?,31-,32-,33-/m0/s1. The number of pyridine rings is 1. The molecule has 1 amide bonds. The number of hydrogen-bond donors (Lipinski definition) is 3. The maximum absolute atomic E-state index is 14.5. The number of halogens is 6. The molecule has 2 bridgehead atoms. The lowest BCUT2D eigenvalue weighted by Crippen LogP contribution is -2.58. The summed E-state index contributed by atoms with van der Waals surface area (Å²) in [6, 6.07) is 15.2. The van der Waals surface area contributed by atoms with Crippen molar-refractivity contribution in [3.8, 4) is 5.75 Å². The fourth-order valence-electron chi connectivity index (χ4n) is 7.16. The van der Waals surface area contributed by atoms with E-state index in [9.17, 15) is 31.1 Å². The van der Waals surface area contributed by atoms with Crippen LogP contribution in [0.25, 0.3) is 10.9 Å². The van der Waals surface area contributed by atoms with Gasteiger partial charge in [0.2, 0.25) is 5.91 Å². The number of carbonyl (C=O) groups is 1. The molecular formula is C37H35F6N5O2S. The van der Waals surface area contributed by atoms with Crippen LogP contribution in [0.2, 0.25) is 0 Å². The highest BCUT2D eigenvalue weighted by molar-refractivity contribution is 7.80. The number of amides is 1. The van der Waals surface area contributed by atoms with Crippen molar-refractivity contribution in [2.24, 2.45) is 11.8 Å². The van der Waals surface area contributed by atoms with Crippen LogP contribution in [-0.2, 0) is 17.1 Å². The Morgan fingerprint density at radius 2 is 1.71 bits per heavy atom. The van der Waals surface area contributed by atoms with Crippen LogP contribution in [0.4, 0.5) is 32.0 Å². The molecule has 6 atom stereocenters. The Hall–Kier alpha value is -4.69. The molecule has 268 valence electrons. The number of alkyl halides is 6. The average molecular weight is 728 g/mol. The van der Waals surface area contributed by atoms with Crippen LogP contribution in [0.15, 0.2) is 91.6 Å². The van der Waals surface area contributed by atoms with Crippen molar-refractivity contribution < 1.29 is 35.9 Å². The van der Waals surface area contributed by atoms with Gasteiger partial charge in [-0.2, -0.15) is 26.3 Å². The number of carbonyl (C=O) groups excluding carboxylic acids is 1. The van der Waals surface area contributed by atoms with E-state index in [1.54, 1.807) is 49.7 Å². The van der Waals surface area contributed by atoms with Crippen LogP contribution in [0.5, 0.6) is 5.75 Å². The predicted octanol–water partition coefficient (Wildman–Crippen LogP) is 8.06. The Kier molecular flexibility index (Phi) is 10.3. The van der Waals surface area contributed by atoms with Crippen molar-refractivity contribution in [3.63, 3.8) is 0 Å². The predicted molar refractivity (Wildman–Crippen MR) is 186 cm³/mol. The summed E-state index contributed by atoms with van der Waals surface area (Å²) in [7, 11) is 1.56. The van der Waals surface area contributed by atoms with Crippen molar-refractivity contribution in [3.05, 3.63) is 114 Å². The molecule has 0 aliphatic carbocycles. The molecule has 0 saturated carbocycles. The lowest BCUT2D eigenvalue weighted by molar-refractivity contribution is -0.143. The summed E-state index contributed by atoms with van der Waals surface area (Å²) in [5.74, 6) is 0.790. The molecule has 4 heterocycles.